The maximum absolute atomic E-state index is 13.3. The summed E-state index contributed by atoms with van der Waals surface area (Å²) in [5.74, 6) is -0.788. The molecule has 6 rings (SSSR count). The maximum atomic E-state index is 13.3. The smallest absolute Gasteiger partial charge is 0.335 e. The Hall–Kier alpha value is -4.31. The Labute approximate surface area is 306 Å². The molecule has 0 atom stereocenters. The molecule has 6 aromatic rings. The zero-order valence-electron chi connectivity index (χ0n) is 26.7. The summed E-state index contributed by atoms with van der Waals surface area (Å²) in [7, 11) is -3.78. The first-order valence-corrected chi connectivity index (χ1v) is 18.7. The van der Waals surface area contributed by atoms with Crippen LogP contribution in [-0.2, 0) is 28.6 Å². The molecular formula is C39H33Cl3N2O5S. The molecule has 0 aliphatic rings. The van der Waals surface area contributed by atoms with Gasteiger partial charge in [-0.05, 0) is 82.9 Å². The molecule has 0 saturated heterocycles. The highest BCUT2D eigenvalue weighted by molar-refractivity contribution is 7.88. The Morgan fingerprint density at radius 2 is 1.40 bits per heavy atom. The van der Waals surface area contributed by atoms with E-state index in [9.17, 15) is 18.3 Å². The van der Waals surface area contributed by atoms with Gasteiger partial charge in [0.15, 0.2) is 0 Å². The van der Waals surface area contributed by atoms with Crippen LogP contribution in [0, 0.1) is 0 Å². The van der Waals surface area contributed by atoms with Crippen LogP contribution in [0.2, 0.25) is 15.1 Å². The highest BCUT2D eigenvalue weighted by Crippen LogP contribution is 2.38. The lowest BCUT2D eigenvalue weighted by atomic mass is 9.97. The molecule has 0 bridgehead atoms. The van der Waals surface area contributed by atoms with Crippen LogP contribution in [0.5, 0.6) is 5.75 Å². The van der Waals surface area contributed by atoms with E-state index in [1.54, 1.807) is 30.3 Å². The minimum atomic E-state index is -3.78. The van der Waals surface area contributed by atoms with Crippen molar-refractivity contribution in [3.8, 4) is 5.75 Å². The Morgan fingerprint density at radius 3 is 2.04 bits per heavy atom. The van der Waals surface area contributed by atoms with Gasteiger partial charge in [-0.2, -0.15) is 0 Å². The van der Waals surface area contributed by atoms with Crippen molar-refractivity contribution >= 4 is 61.7 Å². The van der Waals surface area contributed by atoms with Crippen molar-refractivity contribution in [2.24, 2.45) is 0 Å². The number of rotatable bonds is 14. The number of aromatic nitrogens is 1. The monoisotopic (exact) mass is 746 g/mol. The molecule has 1 aromatic heterocycles. The Morgan fingerprint density at radius 1 is 0.780 bits per heavy atom. The summed E-state index contributed by atoms with van der Waals surface area (Å²) in [4.78, 5) is 11.3. The van der Waals surface area contributed by atoms with E-state index in [0.29, 0.717) is 39.2 Å². The van der Waals surface area contributed by atoms with Gasteiger partial charge < -0.3 is 14.4 Å². The number of benzene rings is 5. The van der Waals surface area contributed by atoms with E-state index >= 15 is 0 Å². The highest BCUT2D eigenvalue weighted by Gasteiger charge is 2.26. The lowest BCUT2D eigenvalue weighted by molar-refractivity contribution is 0.0697. The second-order valence-corrected chi connectivity index (χ2v) is 14.8. The van der Waals surface area contributed by atoms with Gasteiger partial charge in [-0.25, -0.2) is 17.9 Å². The number of hydrogen-bond donors (Lipinski definition) is 2. The van der Waals surface area contributed by atoms with Crippen LogP contribution >= 0.6 is 34.8 Å². The number of nitrogens with one attached hydrogen (secondary N) is 1. The van der Waals surface area contributed by atoms with Crippen molar-refractivity contribution in [1.29, 1.82) is 0 Å². The van der Waals surface area contributed by atoms with Gasteiger partial charge in [0.25, 0.3) is 0 Å². The van der Waals surface area contributed by atoms with Gasteiger partial charge in [0.2, 0.25) is 10.0 Å². The maximum Gasteiger partial charge on any atom is 0.335 e. The minimum absolute atomic E-state index is 0.116. The van der Waals surface area contributed by atoms with Crippen LogP contribution in [-0.4, -0.2) is 37.2 Å². The van der Waals surface area contributed by atoms with Gasteiger partial charge in [-0.3, -0.25) is 0 Å². The first kappa shape index (κ1) is 35.5. The molecule has 11 heteroatoms. The summed E-state index contributed by atoms with van der Waals surface area (Å²) < 4.78 is 37.8. The molecule has 256 valence electrons. The number of carboxylic acid groups (broad SMARTS) is 1. The van der Waals surface area contributed by atoms with Gasteiger partial charge in [0.1, 0.15) is 5.75 Å². The number of halogens is 3. The van der Waals surface area contributed by atoms with E-state index < -0.39 is 16.0 Å². The molecule has 7 nitrogen and oxygen atoms in total. The molecule has 0 unspecified atom stereocenters. The third kappa shape index (κ3) is 8.34. The topological polar surface area (TPSA) is 97.6 Å². The van der Waals surface area contributed by atoms with E-state index in [2.05, 4.69) is 33.6 Å². The fourth-order valence-electron chi connectivity index (χ4n) is 6.21. The predicted octanol–water partition coefficient (Wildman–Crippen LogP) is 9.22. The number of carbonyl (C=O) groups is 1. The first-order chi connectivity index (χ1) is 24.1. The summed E-state index contributed by atoms with van der Waals surface area (Å²) in [6.07, 6.45) is 0.828. The zero-order chi connectivity index (χ0) is 35.3. The standard InChI is InChI=1S/C39H33Cl3N2O5S/c40-30-13-17-35(42)29(23-30)25-50(47,48)43-21-19-37-33(20-22-49-32-15-11-28(12-16-32)39(45)46)34-24-31(41)14-18-36(34)44(37)38(26-7-3-1-4-8-26)27-9-5-2-6-10-27/h1-18,23-24,38,43H,19-22,25H2,(H,45,46). The van der Waals surface area contributed by atoms with E-state index in [0.717, 1.165) is 33.3 Å². The first-order valence-electron chi connectivity index (χ1n) is 15.9. The lowest BCUT2D eigenvalue weighted by Gasteiger charge is -2.25. The number of sulfonamides is 1. The lowest BCUT2D eigenvalue weighted by Crippen LogP contribution is -2.28. The molecule has 0 amide bonds. The van der Waals surface area contributed by atoms with Gasteiger partial charge in [-0.1, -0.05) is 95.5 Å². The molecule has 0 aliphatic heterocycles. The molecule has 0 saturated carbocycles. The number of fused-ring (bicyclic) bond motifs is 1. The van der Waals surface area contributed by atoms with Crippen LogP contribution in [0.1, 0.15) is 44.3 Å². The summed E-state index contributed by atoms with van der Waals surface area (Å²) in [6.45, 7) is 0.400. The van der Waals surface area contributed by atoms with Gasteiger partial charge in [0, 0.05) is 51.1 Å². The number of aromatic carboxylic acids is 1. The van der Waals surface area contributed by atoms with E-state index in [4.69, 9.17) is 39.5 Å². The fraction of sp³-hybridized carbons (Fsp3) is 0.154. The van der Waals surface area contributed by atoms with Crippen molar-refractivity contribution < 1.29 is 23.1 Å². The highest BCUT2D eigenvalue weighted by atomic mass is 35.5. The average Bonchev–Trinajstić information content (AvgIpc) is 3.39. The van der Waals surface area contributed by atoms with Gasteiger partial charge in [-0.15, -0.1) is 0 Å². The van der Waals surface area contributed by atoms with Crippen LogP contribution in [0.4, 0.5) is 0 Å². The van der Waals surface area contributed by atoms with Crippen molar-refractivity contribution in [1.82, 2.24) is 9.29 Å². The third-order valence-electron chi connectivity index (χ3n) is 8.43. The molecule has 0 aliphatic carbocycles. The summed E-state index contributed by atoms with van der Waals surface area (Å²) >= 11 is 19.0. The van der Waals surface area contributed by atoms with Crippen LogP contribution in [0.3, 0.4) is 0 Å². The normalized spacial score (nSPS) is 11.7. The molecule has 1 heterocycles. The Kier molecular flexibility index (Phi) is 11.2. The van der Waals surface area contributed by atoms with E-state index in [1.807, 2.05) is 54.6 Å². The number of nitrogens with zero attached hydrogens (tertiary/aromatic N) is 1. The molecular weight excluding hydrogens is 715 g/mol. The quantitative estimate of drug-likeness (QED) is 0.116. The molecule has 2 N–H and O–H groups in total. The molecule has 50 heavy (non-hydrogen) atoms. The summed E-state index contributed by atoms with van der Waals surface area (Å²) in [5.41, 5.74) is 5.54. The van der Waals surface area contributed by atoms with Crippen molar-refractivity contribution in [2.75, 3.05) is 13.2 Å². The second-order valence-electron chi connectivity index (χ2n) is 11.7. The number of hydrogen-bond acceptors (Lipinski definition) is 4. The molecule has 0 spiro atoms. The Bertz CT molecular complexity index is 2190. The van der Waals surface area contributed by atoms with E-state index in [-0.39, 0.29) is 30.5 Å². The van der Waals surface area contributed by atoms with Crippen LogP contribution < -0.4 is 9.46 Å². The van der Waals surface area contributed by atoms with Gasteiger partial charge >= 0.3 is 5.97 Å². The number of carboxylic acids is 1. The SMILES string of the molecule is O=C(O)c1ccc(OCCc2c(CCNS(=O)(=O)Cc3cc(Cl)ccc3Cl)n(C(c3ccccc3)c3ccccc3)c3ccc(Cl)cc23)cc1. The third-order valence-corrected chi connectivity index (χ3v) is 10.6. The number of ether oxygens (including phenoxy) is 1. The fourth-order valence-corrected chi connectivity index (χ4v) is 8.01. The van der Waals surface area contributed by atoms with E-state index in [1.165, 1.54) is 12.1 Å². The molecule has 0 radical (unpaired) electrons. The van der Waals surface area contributed by atoms with Crippen LogP contribution in [0.15, 0.2) is 121 Å². The summed E-state index contributed by atoms with van der Waals surface area (Å²) in [6, 6.07) is 36.9. The van der Waals surface area contributed by atoms with Crippen LogP contribution in [0.25, 0.3) is 10.9 Å². The average molecular weight is 748 g/mol. The Balaban J connectivity index is 1.40. The van der Waals surface area contributed by atoms with Crippen molar-refractivity contribution in [3.63, 3.8) is 0 Å². The molecule has 5 aromatic carbocycles. The zero-order valence-corrected chi connectivity index (χ0v) is 29.8. The van der Waals surface area contributed by atoms with Gasteiger partial charge in [0.05, 0.1) is 24.0 Å². The largest absolute Gasteiger partial charge is 0.493 e. The summed E-state index contributed by atoms with van der Waals surface area (Å²) in [5, 5.41) is 11.5. The van der Waals surface area contributed by atoms with Crippen molar-refractivity contribution in [2.45, 2.75) is 24.6 Å². The minimum Gasteiger partial charge on any atom is -0.493 e. The predicted molar refractivity (Wildman–Crippen MR) is 200 cm³/mol. The molecule has 0 fully saturated rings. The second kappa shape index (κ2) is 15.7. The van der Waals surface area contributed by atoms with Crippen molar-refractivity contribution in [3.05, 3.63) is 170 Å².